The number of allylic oxidation sites excluding steroid dienone is 1. The Kier molecular flexibility index (Phi) is 3.22. The number of ether oxygens (including phenoxy) is 1. The predicted octanol–water partition coefficient (Wildman–Crippen LogP) is 3.37. The topological polar surface area (TPSA) is 9.23 Å². The van der Waals surface area contributed by atoms with Gasteiger partial charge in [0, 0.05) is 6.42 Å². The third-order valence-electron chi connectivity index (χ3n) is 2.87. The van der Waals surface area contributed by atoms with Gasteiger partial charge < -0.3 is 4.74 Å². The van der Waals surface area contributed by atoms with Gasteiger partial charge in [-0.15, -0.1) is 0 Å². The summed E-state index contributed by atoms with van der Waals surface area (Å²) < 4.78 is 32.0. The number of benzene rings is 1. The highest BCUT2D eigenvalue weighted by molar-refractivity contribution is 5.32. The van der Waals surface area contributed by atoms with Gasteiger partial charge in [-0.3, -0.25) is 0 Å². The zero-order valence-electron chi connectivity index (χ0n) is 9.17. The fraction of sp³-hybridized carbons (Fsp3) is 0.385. The van der Waals surface area contributed by atoms with E-state index in [1.54, 1.807) is 18.4 Å². The summed E-state index contributed by atoms with van der Waals surface area (Å²) in [4.78, 5) is 0. The molecule has 1 unspecified atom stereocenters. The van der Waals surface area contributed by atoms with Crippen LogP contribution in [0.5, 0.6) is 0 Å². The van der Waals surface area contributed by atoms with E-state index in [4.69, 9.17) is 4.74 Å². The van der Waals surface area contributed by atoms with Crippen LogP contribution in [0.4, 0.5) is 8.78 Å². The van der Waals surface area contributed by atoms with Gasteiger partial charge in [0.25, 0.3) is 0 Å². The minimum atomic E-state index is -0.773. The first-order valence-electron chi connectivity index (χ1n) is 5.44. The molecule has 1 aliphatic rings. The molecule has 1 nitrogen and oxygen atoms in total. The second kappa shape index (κ2) is 4.64. The van der Waals surface area contributed by atoms with Gasteiger partial charge in [-0.25, -0.2) is 8.78 Å². The summed E-state index contributed by atoms with van der Waals surface area (Å²) in [5.74, 6) is -1.49. The Bertz CT molecular complexity index is 413. The first kappa shape index (κ1) is 11.1. The van der Waals surface area contributed by atoms with Crippen LogP contribution in [-0.2, 0) is 17.6 Å². The van der Waals surface area contributed by atoms with E-state index in [0.717, 1.165) is 18.4 Å². The number of aryl methyl sites for hydroxylation is 1. The molecule has 1 atom stereocenters. The lowest BCUT2D eigenvalue weighted by Gasteiger charge is -2.24. The molecule has 1 aromatic rings. The molecule has 0 bridgehead atoms. The SMILES string of the molecule is C/C=C/OC1CCc2ccc(F)c(F)c2C1. The fourth-order valence-electron chi connectivity index (χ4n) is 2.04. The number of fused-ring (bicyclic) bond motifs is 1. The molecule has 0 saturated carbocycles. The summed E-state index contributed by atoms with van der Waals surface area (Å²) in [6.07, 6.45) is 5.39. The van der Waals surface area contributed by atoms with Gasteiger partial charge >= 0.3 is 0 Å². The van der Waals surface area contributed by atoms with Gasteiger partial charge in [-0.2, -0.15) is 0 Å². The summed E-state index contributed by atoms with van der Waals surface area (Å²) in [5, 5.41) is 0. The Hall–Kier alpha value is -1.38. The van der Waals surface area contributed by atoms with Crippen molar-refractivity contribution in [3.05, 3.63) is 47.2 Å². The van der Waals surface area contributed by atoms with Gasteiger partial charge in [0.1, 0.15) is 6.10 Å². The van der Waals surface area contributed by atoms with Crippen molar-refractivity contribution in [1.82, 2.24) is 0 Å². The third kappa shape index (κ3) is 2.08. The van der Waals surface area contributed by atoms with Crippen molar-refractivity contribution in [2.24, 2.45) is 0 Å². The number of hydrogen-bond donors (Lipinski definition) is 0. The lowest BCUT2D eigenvalue weighted by molar-refractivity contribution is 0.128. The van der Waals surface area contributed by atoms with Gasteiger partial charge in [0.2, 0.25) is 0 Å². The zero-order valence-corrected chi connectivity index (χ0v) is 9.17. The molecule has 2 rings (SSSR count). The van der Waals surface area contributed by atoms with Crippen LogP contribution in [0.25, 0.3) is 0 Å². The van der Waals surface area contributed by atoms with E-state index in [-0.39, 0.29) is 6.10 Å². The quantitative estimate of drug-likeness (QED) is 0.700. The molecule has 0 amide bonds. The lowest BCUT2D eigenvalue weighted by atomic mass is 9.89. The van der Waals surface area contributed by atoms with Crippen LogP contribution < -0.4 is 0 Å². The van der Waals surface area contributed by atoms with E-state index in [1.165, 1.54) is 6.07 Å². The maximum Gasteiger partial charge on any atom is 0.162 e. The monoisotopic (exact) mass is 224 g/mol. The van der Waals surface area contributed by atoms with Crippen LogP contribution in [0.2, 0.25) is 0 Å². The Morgan fingerprint density at radius 1 is 1.38 bits per heavy atom. The average molecular weight is 224 g/mol. The van der Waals surface area contributed by atoms with E-state index in [9.17, 15) is 8.78 Å². The molecule has 1 aliphatic carbocycles. The molecule has 3 heteroatoms. The molecule has 0 aromatic heterocycles. The standard InChI is InChI=1S/C13H14F2O/c1-2-7-16-10-5-3-9-4-6-12(14)13(15)11(9)8-10/h2,4,6-7,10H,3,5,8H2,1H3/b7-2+. The van der Waals surface area contributed by atoms with E-state index >= 15 is 0 Å². The molecule has 1 aromatic carbocycles. The highest BCUT2D eigenvalue weighted by atomic mass is 19.2. The van der Waals surface area contributed by atoms with Crippen LogP contribution >= 0.6 is 0 Å². The van der Waals surface area contributed by atoms with Gasteiger partial charge in [0.15, 0.2) is 11.6 Å². The summed E-state index contributed by atoms with van der Waals surface area (Å²) >= 11 is 0. The van der Waals surface area contributed by atoms with E-state index in [1.807, 2.05) is 6.92 Å². The molecular formula is C13H14F2O. The van der Waals surface area contributed by atoms with Gasteiger partial charge in [-0.1, -0.05) is 12.1 Å². The summed E-state index contributed by atoms with van der Waals surface area (Å²) in [5.41, 5.74) is 1.37. The maximum absolute atomic E-state index is 13.5. The molecule has 0 fully saturated rings. The average Bonchev–Trinajstić information content (AvgIpc) is 2.31. The maximum atomic E-state index is 13.5. The van der Waals surface area contributed by atoms with Crippen molar-refractivity contribution in [1.29, 1.82) is 0 Å². The number of halogens is 2. The fourth-order valence-corrected chi connectivity index (χ4v) is 2.04. The molecule has 0 heterocycles. The van der Waals surface area contributed by atoms with Crippen LogP contribution in [0.3, 0.4) is 0 Å². The Morgan fingerprint density at radius 2 is 2.19 bits per heavy atom. The highest BCUT2D eigenvalue weighted by Gasteiger charge is 2.23. The molecule has 0 N–H and O–H groups in total. The van der Waals surface area contributed by atoms with Crippen molar-refractivity contribution in [3.63, 3.8) is 0 Å². The van der Waals surface area contributed by atoms with Crippen molar-refractivity contribution in [3.8, 4) is 0 Å². The van der Waals surface area contributed by atoms with Crippen LogP contribution in [0, 0.1) is 11.6 Å². The second-order valence-corrected chi connectivity index (χ2v) is 3.97. The number of rotatable bonds is 2. The van der Waals surface area contributed by atoms with Crippen LogP contribution in [0.1, 0.15) is 24.5 Å². The molecule has 0 spiro atoms. The van der Waals surface area contributed by atoms with Crippen molar-refractivity contribution >= 4 is 0 Å². The molecule has 0 aliphatic heterocycles. The van der Waals surface area contributed by atoms with Crippen molar-refractivity contribution in [2.45, 2.75) is 32.3 Å². The molecule has 86 valence electrons. The third-order valence-corrected chi connectivity index (χ3v) is 2.87. The molecule has 0 saturated heterocycles. The lowest BCUT2D eigenvalue weighted by Crippen LogP contribution is -2.22. The van der Waals surface area contributed by atoms with Crippen molar-refractivity contribution < 1.29 is 13.5 Å². The first-order valence-corrected chi connectivity index (χ1v) is 5.44. The largest absolute Gasteiger partial charge is 0.498 e. The van der Waals surface area contributed by atoms with E-state index in [2.05, 4.69) is 0 Å². The minimum absolute atomic E-state index is 0.0417. The van der Waals surface area contributed by atoms with Crippen LogP contribution in [-0.4, -0.2) is 6.10 Å². The predicted molar refractivity (Wildman–Crippen MR) is 58.1 cm³/mol. The van der Waals surface area contributed by atoms with Crippen molar-refractivity contribution in [2.75, 3.05) is 0 Å². The summed E-state index contributed by atoms with van der Waals surface area (Å²) in [6.45, 7) is 1.86. The molecule has 0 radical (unpaired) electrons. The summed E-state index contributed by atoms with van der Waals surface area (Å²) in [6, 6.07) is 2.86. The minimum Gasteiger partial charge on any atom is -0.498 e. The zero-order chi connectivity index (χ0) is 11.5. The Balaban J connectivity index is 2.21. The second-order valence-electron chi connectivity index (χ2n) is 3.97. The Morgan fingerprint density at radius 3 is 2.94 bits per heavy atom. The Labute approximate surface area is 93.7 Å². The van der Waals surface area contributed by atoms with E-state index in [0.29, 0.717) is 12.0 Å². The highest BCUT2D eigenvalue weighted by Crippen LogP contribution is 2.27. The van der Waals surface area contributed by atoms with Crippen LogP contribution in [0.15, 0.2) is 24.5 Å². The molecular weight excluding hydrogens is 210 g/mol. The van der Waals surface area contributed by atoms with Gasteiger partial charge in [0.05, 0.1) is 6.26 Å². The smallest absolute Gasteiger partial charge is 0.162 e. The first-order chi connectivity index (χ1) is 7.72. The van der Waals surface area contributed by atoms with Gasteiger partial charge in [-0.05, 0) is 37.0 Å². The van der Waals surface area contributed by atoms with E-state index < -0.39 is 11.6 Å². The molecule has 16 heavy (non-hydrogen) atoms. The summed E-state index contributed by atoms with van der Waals surface area (Å²) in [7, 11) is 0. The normalized spacial score (nSPS) is 19.8. The number of hydrogen-bond acceptors (Lipinski definition) is 1.